The number of hydrogen-bond acceptors (Lipinski definition) is 3. The second-order valence-corrected chi connectivity index (χ2v) is 8.38. The van der Waals surface area contributed by atoms with Crippen molar-refractivity contribution in [1.29, 1.82) is 5.26 Å². The van der Waals surface area contributed by atoms with E-state index in [1.54, 1.807) is 24.3 Å². The van der Waals surface area contributed by atoms with Crippen LogP contribution in [0.4, 0.5) is 5.69 Å². The Bertz CT molecular complexity index is 1370. The van der Waals surface area contributed by atoms with E-state index in [0.29, 0.717) is 11.3 Å². The van der Waals surface area contributed by atoms with E-state index in [2.05, 4.69) is 35.2 Å². The molecule has 1 spiro atoms. The van der Waals surface area contributed by atoms with Gasteiger partial charge < -0.3 is 9.97 Å². The standard InChI is InChI=1S/C29H16N4.Pd/c1-31-22-9-3-8-21(15-22)26-11-5-13-28(33-26)24-17-29(24)16-23(29)27-12-4-10-25(32-27)20-7-2-6-19(14-20)18-30;/h2-6,9-15H,16-17H2;/q-4;. The molecule has 0 amide bonds. The molecule has 2 heterocycles. The van der Waals surface area contributed by atoms with E-state index in [1.807, 2.05) is 36.4 Å². The van der Waals surface area contributed by atoms with Gasteiger partial charge in [0.05, 0.1) is 12.6 Å². The number of benzene rings is 2. The first-order valence-electron chi connectivity index (χ1n) is 10.7. The summed E-state index contributed by atoms with van der Waals surface area (Å²) < 4.78 is 0. The van der Waals surface area contributed by atoms with E-state index in [1.165, 1.54) is 11.8 Å². The van der Waals surface area contributed by atoms with Crippen LogP contribution in [0.15, 0.2) is 72.8 Å². The fourth-order valence-electron chi connectivity index (χ4n) is 4.51. The minimum Gasteiger partial charge on any atom is -0.335 e. The predicted octanol–water partition coefficient (Wildman–Crippen LogP) is 6.17. The molecular formula is C29H16N4Pd-4. The number of aromatic nitrogens is 2. The van der Waals surface area contributed by atoms with Gasteiger partial charge in [0.25, 0.3) is 0 Å². The van der Waals surface area contributed by atoms with E-state index in [-0.39, 0.29) is 25.8 Å². The molecule has 0 saturated heterocycles. The van der Waals surface area contributed by atoms with E-state index >= 15 is 0 Å². The van der Waals surface area contributed by atoms with Crippen molar-refractivity contribution < 1.29 is 20.4 Å². The molecule has 6 rings (SSSR count). The van der Waals surface area contributed by atoms with Gasteiger partial charge >= 0.3 is 0 Å². The van der Waals surface area contributed by atoms with Gasteiger partial charge in [0.15, 0.2) is 0 Å². The van der Waals surface area contributed by atoms with Crippen LogP contribution in [0.5, 0.6) is 0 Å². The van der Waals surface area contributed by atoms with Crippen LogP contribution >= 0.6 is 0 Å². The number of hydrogen-bond donors (Lipinski definition) is 0. The van der Waals surface area contributed by atoms with Crippen molar-refractivity contribution in [3.63, 3.8) is 0 Å². The molecule has 4 nitrogen and oxygen atoms in total. The maximum Gasteiger partial charge on any atom is 0.108 e. The molecule has 0 radical (unpaired) electrons. The fraction of sp³-hybridized carbons (Fsp3) is 0.103. The minimum atomic E-state index is 0. The third-order valence-electron chi connectivity index (χ3n) is 6.38. The number of rotatable bonds is 4. The zero-order chi connectivity index (χ0) is 22.4. The molecule has 0 bridgehead atoms. The smallest absolute Gasteiger partial charge is 0.108 e. The van der Waals surface area contributed by atoms with Gasteiger partial charge in [0, 0.05) is 20.4 Å². The molecule has 2 aliphatic carbocycles. The third kappa shape index (κ3) is 3.77. The van der Waals surface area contributed by atoms with Crippen LogP contribution in [0.3, 0.4) is 0 Å². The molecule has 2 aliphatic rings. The molecule has 1 unspecified atom stereocenters. The maximum atomic E-state index is 9.18. The molecule has 34 heavy (non-hydrogen) atoms. The largest absolute Gasteiger partial charge is 0.335 e. The van der Waals surface area contributed by atoms with Crippen LogP contribution < -0.4 is 0 Å². The normalized spacial score (nSPS) is 17.5. The zero-order valence-electron chi connectivity index (χ0n) is 17.9. The SMILES string of the molecule is [C-]#[N+]c1cc[c-]c(-c2cccc([C-]3CC34C[C-]4c3cccc(-c4[c-]ccc(C#N)c4)n3)n2)c1.[Pd]. The quantitative estimate of drug-likeness (QED) is 0.236. The minimum absolute atomic E-state index is 0. The van der Waals surface area contributed by atoms with Crippen molar-refractivity contribution in [3.05, 3.63) is 125 Å². The van der Waals surface area contributed by atoms with Gasteiger partial charge in [-0.1, -0.05) is 12.1 Å². The third-order valence-corrected chi connectivity index (χ3v) is 6.38. The second-order valence-electron chi connectivity index (χ2n) is 8.38. The summed E-state index contributed by atoms with van der Waals surface area (Å²) in [5.41, 5.74) is 6.64. The van der Waals surface area contributed by atoms with Crippen LogP contribution in [0, 0.1) is 47.3 Å². The first-order chi connectivity index (χ1) is 16.2. The Morgan fingerprint density at radius 3 is 2.06 bits per heavy atom. The molecule has 0 N–H and O–H groups in total. The van der Waals surface area contributed by atoms with Crippen LogP contribution in [0.1, 0.15) is 29.8 Å². The molecule has 2 aromatic carbocycles. The van der Waals surface area contributed by atoms with Gasteiger partial charge in [-0.2, -0.15) is 23.5 Å². The van der Waals surface area contributed by atoms with Crippen molar-refractivity contribution in [2.45, 2.75) is 12.8 Å². The zero-order valence-corrected chi connectivity index (χ0v) is 19.5. The summed E-state index contributed by atoms with van der Waals surface area (Å²) in [6, 6.07) is 31.4. The maximum absolute atomic E-state index is 9.18. The van der Waals surface area contributed by atoms with Crippen LogP contribution in [-0.2, 0) is 20.4 Å². The van der Waals surface area contributed by atoms with E-state index in [4.69, 9.17) is 16.5 Å². The molecule has 2 aromatic heterocycles. The van der Waals surface area contributed by atoms with Crippen LogP contribution in [-0.4, -0.2) is 9.97 Å². The predicted molar refractivity (Wildman–Crippen MR) is 124 cm³/mol. The number of nitrogens with zero attached hydrogens (tertiary/aromatic N) is 4. The Morgan fingerprint density at radius 1 is 0.882 bits per heavy atom. The molecule has 1 atom stereocenters. The van der Waals surface area contributed by atoms with Crippen LogP contribution in [0.2, 0.25) is 0 Å². The topological polar surface area (TPSA) is 53.9 Å². The van der Waals surface area contributed by atoms with E-state index in [0.717, 1.165) is 46.7 Å². The molecule has 2 fully saturated rings. The van der Waals surface area contributed by atoms with Gasteiger partial charge in [-0.15, -0.1) is 95.4 Å². The van der Waals surface area contributed by atoms with Crippen LogP contribution in [0.25, 0.3) is 27.4 Å². The summed E-state index contributed by atoms with van der Waals surface area (Å²) in [7, 11) is 0. The monoisotopic (exact) mass is 526 g/mol. The first kappa shape index (κ1) is 21.9. The van der Waals surface area contributed by atoms with Crippen molar-refractivity contribution >= 4 is 5.69 Å². The number of nitriles is 1. The first-order valence-corrected chi connectivity index (χ1v) is 10.7. The van der Waals surface area contributed by atoms with E-state index in [9.17, 15) is 5.26 Å². The van der Waals surface area contributed by atoms with Gasteiger partial charge in [0.2, 0.25) is 0 Å². The second kappa shape index (κ2) is 8.48. The van der Waals surface area contributed by atoms with Gasteiger partial charge in [-0.3, -0.25) is 4.85 Å². The molecule has 166 valence electrons. The van der Waals surface area contributed by atoms with Gasteiger partial charge in [-0.05, 0) is 17.0 Å². The van der Waals surface area contributed by atoms with Gasteiger partial charge in [-0.25, -0.2) is 11.8 Å². The van der Waals surface area contributed by atoms with E-state index < -0.39 is 0 Å². The van der Waals surface area contributed by atoms with Crippen molar-refractivity contribution in [1.82, 2.24) is 9.97 Å². The Kier molecular flexibility index (Phi) is 5.47. The van der Waals surface area contributed by atoms with Crippen molar-refractivity contribution in [2.24, 2.45) is 5.41 Å². The molecule has 5 heteroatoms. The average Bonchev–Trinajstić information content (AvgIpc) is 3.81. The summed E-state index contributed by atoms with van der Waals surface area (Å²) in [6.45, 7) is 7.24. The Morgan fingerprint density at radius 2 is 1.47 bits per heavy atom. The average molecular weight is 527 g/mol. The summed E-state index contributed by atoms with van der Waals surface area (Å²) in [4.78, 5) is 13.3. The Balaban J connectivity index is 0.00000241. The van der Waals surface area contributed by atoms with Crippen molar-refractivity contribution in [3.8, 4) is 28.6 Å². The summed E-state index contributed by atoms with van der Waals surface area (Å²) in [5, 5.41) is 9.18. The fourth-order valence-corrected chi connectivity index (χ4v) is 4.51. The van der Waals surface area contributed by atoms with Gasteiger partial charge in [0.1, 0.15) is 5.69 Å². The molecule has 4 aromatic rings. The summed E-state index contributed by atoms with van der Waals surface area (Å²) in [5.74, 6) is 2.70. The molecule has 2 saturated carbocycles. The summed E-state index contributed by atoms with van der Waals surface area (Å²) >= 11 is 0. The number of pyridine rings is 2. The molecule has 0 aliphatic heterocycles. The Labute approximate surface area is 212 Å². The summed E-state index contributed by atoms with van der Waals surface area (Å²) in [6.07, 6.45) is 2.01. The molecular weight excluding hydrogens is 511 g/mol. The Hall–Kier alpha value is -3.88. The van der Waals surface area contributed by atoms with Crippen molar-refractivity contribution in [2.75, 3.05) is 0 Å².